The summed E-state index contributed by atoms with van der Waals surface area (Å²) in [5.41, 5.74) is 2.25. The Morgan fingerprint density at radius 2 is 2.29 bits per heavy atom. The zero-order valence-electron chi connectivity index (χ0n) is 8.31. The van der Waals surface area contributed by atoms with Gasteiger partial charge in [-0.1, -0.05) is 18.9 Å². The van der Waals surface area contributed by atoms with Gasteiger partial charge in [-0.3, -0.25) is 4.68 Å². The van der Waals surface area contributed by atoms with E-state index in [9.17, 15) is 0 Å². The summed E-state index contributed by atoms with van der Waals surface area (Å²) in [5.74, 6) is 0. The number of aromatic nitrogens is 2. The lowest BCUT2D eigenvalue weighted by atomic mass is 10.2. The highest BCUT2D eigenvalue weighted by Gasteiger charge is 2.07. The van der Waals surface area contributed by atoms with Crippen molar-refractivity contribution in [3.63, 3.8) is 0 Å². The summed E-state index contributed by atoms with van der Waals surface area (Å²) in [6.07, 6.45) is 1.88. The first-order valence-corrected chi connectivity index (χ1v) is 5.01. The highest BCUT2D eigenvalue weighted by Crippen LogP contribution is 2.26. The molecular weight excluding hydrogens is 194 g/mol. The van der Waals surface area contributed by atoms with Gasteiger partial charge in [0, 0.05) is 19.0 Å². The van der Waals surface area contributed by atoms with Gasteiger partial charge < -0.3 is 4.31 Å². The molecule has 2 rings (SSSR count). The molecule has 0 N–H and O–H groups in total. The second-order valence-electron chi connectivity index (χ2n) is 3.19. The van der Waals surface area contributed by atoms with E-state index in [1.165, 1.54) is 0 Å². The van der Waals surface area contributed by atoms with Crippen LogP contribution in [0.15, 0.2) is 24.4 Å². The van der Waals surface area contributed by atoms with Crippen molar-refractivity contribution in [3.05, 3.63) is 24.4 Å². The van der Waals surface area contributed by atoms with Crippen molar-refractivity contribution in [2.45, 2.75) is 6.92 Å². The molecule has 0 saturated heterocycles. The van der Waals surface area contributed by atoms with Crippen molar-refractivity contribution >= 4 is 29.4 Å². The van der Waals surface area contributed by atoms with Crippen molar-refractivity contribution in [1.82, 2.24) is 9.78 Å². The molecule has 0 bridgehead atoms. The van der Waals surface area contributed by atoms with Crippen LogP contribution in [0, 0.1) is 0 Å². The first-order valence-electron chi connectivity index (χ1n) is 4.61. The lowest BCUT2D eigenvalue weighted by Crippen LogP contribution is -2.08. The quantitative estimate of drug-likeness (QED) is 0.762. The number of anilines is 1. The van der Waals surface area contributed by atoms with E-state index in [2.05, 4.69) is 37.0 Å². The Morgan fingerprint density at radius 1 is 1.50 bits per heavy atom. The first kappa shape index (κ1) is 9.40. The van der Waals surface area contributed by atoms with Crippen LogP contribution < -0.4 is 4.31 Å². The van der Waals surface area contributed by atoms with Gasteiger partial charge in [0.05, 0.1) is 17.4 Å². The number of fused-ring (bicyclic) bond motifs is 1. The molecule has 0 fully saturated rings. The van der Waals surface area contributed by atoms with Crippen LogP contribution in [-0.2, 0) is 7.05 Å². The topological polar surface area (TPSA) is 21.1 Å². The molecule has 0 aliphatic heterocycles. The van der Waals surface area contributed by atoms with E-state index in [1.807, 2.05) is 28.3 Å². The van der Waals surface area contributed by atoms with Gasteiger partial charge in [0.15, 0.2) is 0 Å². The summed E-state index contributed by atoms with van der Waals surface area (Å²) in [7, 11) is 1.95. The molecule has 0 radical (unpaired) electrons. The van der Waals surface area contributed by atoms with E-state index in [0.717, 1.165) is 23.1 Å². The normalized spacial score (nSPS) is 10.8. The van der Waals surface area contributed by atoms with Crippen molar-refractivity contribution in [1.29, 1.82) is 0 Å². The SMILES string of the molecule is CCN(S)c1cccc2c1cnn2C. The molecule has 0 amide bonds. The second-order valence-corrected chi connectivity index (χ2v) is 3.68. The Kier molecular flexibility index (Phi) is 2.37. The molecule has 2 aromatic rings. The van der Waals surface area contributed by atoms with E-state index < -0.39 is 0 Å². The summed E-state index contributed by atoms with van der Waals surface area (Å²) >= 11 is 4.40. The number of benzene rings is 1. The van der Waals surface area contributed by atoms with E-state index in [0.29, 0.717) is 0 Å². The molecule has 3 nitrogen and oxygen atoms in total. The predicted molar refractivity (Wildman–Crippen MR) is 62.7 cm³/mol. The number of hydrogen-bond acceptors (Lipinski definition) is 3. The number of rotatable bonds is 2. The Morgan fingerprint density at radius 3 is 3.00 bits per heavy atom. The predicted octanol–water partition coefficient (Wildman–Crippen LogP) is 2.24. The molecule has 1 aromatic carbocycles. The number of aryl methyl sites for hydroxylation is 1. The van der Waals surface area contributed by atoms with Crippen LogP contribution in [-0.4, -0.2) is 16.3 Å². The van der Waals surface area contributed by atoms with Crippen molar-refractivity contribution in [2.24, 2.45) is 7.05 Å². The maximum absolute atomic E-state index is 4.40. The molecule has 4 heteroatoms. The Bertz CT molecular complexity index is 450. The van der Waals surface area contributed by atoms with Crippen LogP contribution in [0.4, 0.5) is 5.69 Å². The van der Waals surface area contributed by atoms with E-state index in [4.69, 9.17) is 0 Å². The molecule has 1 aromatic heterocycles. The number of nitrogens with zero attached hydrogens (tertiary/aromatic N) is 3. The van der Waals surface area contributed by atoms with Gasteiger partial charge in [0.1, 0.15) is 0 Å². The third kappa shape index (κ3) is 1.35. The Balaban J connectivity index is 2.65. The fraction of sp³-hybridized carbons (Fsp3) is 0.300. The summed E-state index contributed by atoms with van der Waals surface area (Å²) in [6.45, 7) is 2.94. The van der Waals surface area contributed by atoms with Crippen LogP contribution in [0.1, 0.15) is 6.92 Å². The minimum absolute atomic E-state index is 0.872. The van der Waals surface area contributed by atoms with Crippen LogP contribution in [0.25, 0.3) is 10.9 Å². The molecule has 0 aliphatic rings. The minimum Gasteiger partial charge on any atom is -0.318 e. The highest BCUT2D eigenvalue weighted by atomic mass is 32.1. The smallest absolute Gasteiger partial charge is 0.0700 e. The van der Waals surface area contributed by atoms with Gasteiger partial charge in [-0.15, -0.1) is 0 Å². The summed E-state index contributed by atoms with van der Waals surface area (Å²) in [5, 5.41) is 5.37. The number of thiol groups is 1. The third-order valence-electron chi connectivity index (χ3n) is 2.35. The molecule has 0 atom stereocenters. The second kappa shape index (κ2) is 3.53. The lowest BCUT2D eigenvalue weighted by molar-refractivity contribution is 0.797. The van der Waals surface area contributed by atoms with Gasteiger partial charge in [-0.05, 0) is 19.1 Å². The van der Waals surface area contributed by atoms with Gasteiger partial charge in [0.2, 0.25) is 0 Å². The molecule has 0 saturated carbocycles. The van der Waals surface area contributed by atoms with Crippen molar-refractivity contribution in [2.75, 3.05) is 10.8 Å². The third-order valence-corrected chi connectivity index (χ3v) is 2.84. The fourth-order valence-electron chi connectivity index (χ4n) is 1.56. The van der Waals surface area contributed by atoms with Gasteiger partial charge in [-0.2, -0.15) is 5.10 Å². The average molecular weight is 207 g/mol. The molecule has 0 aliphatic carbocycles. The van der Waals surface area contributed by atoms with Crippen molar-refractivity contribution < 1.29 is 0 Å². The molecule has 0 unspecified atom stereocenters. The summed E-state index contributed by atoms with van der Waals surface area (Å²) in [6, 6.07) is 6.14. The standard InChI is InChI=1S/C10H13N3S/c1-3-13(14)10-6-4-5-9-8(10)7-11-12(9)2/h4-7,14H,3H2,1-2H3. The maximum atomic E-state index is 4.40. The van der Waals surface area contributed by atoms with E-state index in [1.54, 1.807) is 0 Å². The monoisotopic (exact) mass is 207 g/mol. The van der Waals surface area contributed by atoms with Crippen LogP contribution >= 0.6 is 12.8 Å². The van der Waals surface area contributed by atoms with Crippen LogP contribution in [0.2, 0.25) is 0 Å². The average Bonchev–Trinajstić information content (AvgIpc) is 2.59. The highest BCUT2D eigenvalue weighted by molar-refractivity contribution is 7.81. The molecule has 1 heterocycles. The maximum Gasteiger partial charge on any atom is 0.0700 e. The molecule has 0 spiro atoms. The van der Waals surface area contributed by atoms with Crippen LogP contribution in [0.5, 0.6) is 0 Å². The summed E-state index contributed by atoms with van der Waals surface area (Å²) < 4.78 is 3.79. The lowest BCUT2D eigenvalue weighted by Gasteiger charge is -2.15. The van der Waals surface area contributed by atoms with Crippen LogP contribution in [0.3, 0.4) is 0 Å². The zero-order valence-corrected chi connectivity index (χ0v) is 9.20. The van der Waals surface area contributed by atoms with Gasteiger partial charge in [-0.25, -0.2) is 0 Å². The molecule has 14 heavy (non-hydrogen) atoms. The van der Waals surface area contributed by atoms with Gasteiger partial charge in [0.25, 0.3) is 0 Å². The number of hydrogen-bond donors (Lipinski definition) is 1. The Labute approximate surface area is 88.9 Å². The minimum atomic E-state index is 0.872. The van der Waals surface area contributed by atoms with Gasteiger partial charge >= 0.3 is 0 Å². The van der Waals surface area contributed by atoms with E-state index in [-0.39, 0.29) is 0 Å². The first-order chi connectivity index (χ1) is 6.74. The fourth-order valence-corrected chi connectivity index (χ4v) is 1.73. The zero-order chi connectivity index (χ0) is 10.1. The van der Waals surface area contributed by atoms with E-state index >= 15 is 0 Å². The van der Waals surface area contributed by atoms with Crippen molar-refractivity contribution in [3.8, 4) is 0 Å². The molecular formula is C10H13N3S. The largest absolute Gasteiger partial charge is 0.318 e. The molecule has 74 valence electrons. The Hall–Kier alpha value is -1.16. The summed E-state index contributed by atoms with van der Waals surface area (Å²) in [4.78, 5) is 0.